The molecule has 11 nitrogen and oxygen atoms in total. The average molecular weight is 551 g/mol. The van der Waals surface area contributed by atoms with Crippen LogP contribution in [-0.2, 0) is 4.79 Å². The van der Waals surface area contributed by atoms with Gasteiger partial charge in [-0.25, -0.2) is 14.4 Å². The normalized spacial score (nSPS) is 16.2. The number of halogens is 1. The smallest absolute Gasteiger partial charge is 0.239 e. The zero-order valence-corrected chi connectivity index (χ0v) is 22.3. The third kappa shape index (κ3) is 6.88. The molecule has 0 atom stereocenters. The third-order valence-corrected chi connectivity index (χ3v) is 7.12. The van der Waals surface area contributed by atoms with Crippen LogP contribution in [0.5, 0.6) is 5.75 Å². The number of nitrogens with one attached hydrogen (secondary N) is 2. The van der Waals surface area contributed by atoms with Crippen LogP contribution < -0.4 is 26.3 Å². The first-order valence-corrected chi connectivity index (χ1v) is 13.6. The third-order valence-electron chi connectivity index (χ3n) is 7.12. The van der Waals surface area contributed by atoms with Crippen LogP contribution in [0.2, 0.25) is 0 Å². The summed E-state index contributed by atoms with van der Waals surface area (Å²) in [7, 11) is 0. The van der Waals surface area contributed by atoms with E-state index in [1.807, 2.05) is 18.2 Å². The van der Waals surface area contributed by atoms with Crippen LogP contribution in [-0.4, -0.2) is 70.3 Å². The van der Waals surface area contributed by atoms with Crippen molar-refractivity contribution in [3.05, 3.63) is 66.6 Å². The summed E-state index contributed by atoms with van der Waals surface area (Å²) < 4.78 is 19.9. The van der Waals surface area contributed by atoms with Gasteiger partial charge in [-0.1, -0.05) is 6.07 Å². The van der Waals surface area contributed by atoms with Gasteiger partial charge < -0.3 is 25.8 Å². The van der Waals surface area contributed by atoms with Crippen LogP contribution in [0, 0.1) is 11.7 Å². The van der Waals surface area contributed by atoms with Gasteiger partial charge >= 0.3 is 0 Å². The number of hydrazine groups is 2. The molecule has 0 aliphatic carbocycles. The van der Waals surface area contributed by atoms with E-state index in [1.54, 1.807) is 23.3 Å². The SMILES string of the molecule is NC(=O)CN1C=C(Nc2ncnc3cc(OCCCN4CCC(CCO)CC4)ccc23)NN1c1cccc(F)c1. The number of nitrogens with zero attached hydrogens (tertiary/aromatic N) is 5. The van der Waals surface area contributed by atoms with Crippen molar-refractivity contribution in [3.8, 4) is 5.75 Å². The molecule has 5 rings (SSSR count). The van der Waals surface area contributed by atoms with E-state index in [4.69, 9.17) is 15.6 Å². The van der Waals surface area contributed by atoms with Crippen LogP contribution in [0.1, 0.15) is 25.7 Å². The van der Waals surface area contributed by atoms with E-state index in [0.29, 0.717) is 29.9 Å². The molecule has 2 aliphatic rings. The van der Waals surface area contributed by atoms with Gasteiger partial charge in [0, 0.05) is 30.7 Å². The Labute approximate surface area is 232 Å². The quantitative estimate of drug-likeness (QED) is 0.250. The maximum Gasteiger partial charge on any atom is 0.239 e. The number of primary amides is 1. The van der Waals surface area contributed by atoms with E-state index >= 15 is 0 Å². The van der Waals surface area contributed by atoms with Crippen LogP contribution in [0.4, 0.5) is 15.9 Å². The number of benzene rings is 2. The molecule has 1 saturated heterocycles. The summed E-state index contributed by atoms with van der Waals surface area (Å²) in [5, 5.41) is 16.2. The minimum atomic E-state index is -0.539. The van der Waals surface area contributed by atoms with Gasteiger partial charge in [-0.2, -0.15) is 5.12 Å². The van der Waals surface area contributed by atoms with Crippen LogP contribution in [0.25, 0.3) is 10.9 Å². The summed E-state index contributed by atoms with van der Waals surface area (Å²) in [6, 6.07) is 11.7. The lowest BCUT2D eigenvalue weighted by atomic mass is 9.94. The second kappa shape index (κ2) is 12.8. The molecule has 1 fully saturated rings. The second-order valence-electron chi connectivity index (χ2n) is 10.0. The van der Waals surface area contributed by atoms with Crippen molar-refractivity contribution in [2.75, 3.05) is 49.8 Å². The number of rotatable bonds is 12. The van der Waals surface area contributed by atoms with Crippen molar-refractivity contribution >= 4 is 28.3 Å². The van der Waals surface area contributed by atoms with E-state index in [9.17, 15) is 9.18 Å². The Bertz CT molecular complexity index is 1350. The highest BCUT2D eigenvalue weighted by Gasteiger charge is 2.25. The summed E-state index contributed by atoms with van der Waals surface area (Å²) in [4.78, 5) is 22.9. The molecule has 40 heavy (non-hydrogen) atoms. The largest absolute Gasteiger partial charge is 0.493 e. The van der Waals surface area contributed by atoms with Crippen molar-refractivity contribution in [3.63, 3.8) is 0 Å². The van der Waals surface area contributed by atoms with Crippen LogP contribution in [0.3, 0.4) is 0 Å². The van der Waals surface area contributed by atoms with Crippen LogP contribution in [0.15, 0.2) is 60.8 Å². The van der Waals surface area contributed by atoms with Crippen molar-refractivity contribution in [2.45, 2.75) is 25.7 Å². The Balaban J connectivity index is 1.19. The first-order chi connectivity index (χ1) is 19.5. The molecule has 1 aromatic heterocycles. The monoisotopic (exact) mass is 550 g/mol. The first-order valence-electron chi connectivity index (χ1n) is 13.6. The molecule has 0 unspecified atom stereocenters. The number of ether oxygens (including phenoxy) is 1. The highest BCUT2D eigenvalue weighted by molar-refractivity contribution is 5.90. The Morgan fingerprint density at radius 2 is 2.05 bits per heavy atom. The number of nitrogens with two attached hydrogens (primary N) is 1. The zero-order chi connectivity index (χ0) is 27.9. The number of hydrogen-bond donors (Lipinski definition) is 4. The molecule has 0 spiro atoms. The van der Waals surface area contributed by atoms with Gasteiger partial charge in [0.2, 0.25) is 5.91 Å². The van der Waals surface area contributed by atoms with E-state index in [2.05, 4.69) is 25.6 Å². The average Bonchev–Trinajstić information content (AvgIpc) is 3.33. The predicted molar refractivity (Wildman–Crippen MR) is 150 cm³/mol. The molecule has 5 N–H and O–H groups in total. The predicted octanol–water partition coefficient (Wildman–Crippen LogP) is 2.57. The lowest BCUT2D eigenvalue weighted by molar-refractivity contribution is -0.118. The van der Waals surface area contributed by atoms with Crippen molar-refractivity contribution in [2.24, 2.45) is 11.7 Å². The fraction of sp³-hybridized carbons (Fsp3) is 0.393. The summed E-state index contributed by atoms with van der Waals surface area (Å²) in [5.41, 5.74) is 9.76. The lowest BCUT2D eigenvalue weighted by Crippen LogP contribution is -2.46. The fourth-order valence-electron chi connectivity index (χ4n) is 5.08. The maximum atomic E-state index is 13.8. The molecule has 212 valence electrons. The molecule has 3 heterocycles. The Hall–Kier alpha value is -4.16. The molecule has 0 bridgehead atoms. The van der Waals surface area contributed by atoms with Crippen molar-refractivity contribution in [1.82, 2.24) is 25.3 Å². The molecule has 3 aromatic rings. The molecule has 1 amide bonds. The first kappa shape index (κ1) is 27.4. The molecule has 2 aromatic carbocycles. The topological polar surface area (TPSA) is 132 Å². The molecule has 0 radical (unpaired) electrons. The van der Waals surface area contributed by atoms with E-state index in [1.165, 1.54) is 23.6 Å². The Morgan fingerprint density at radius 3 is 2.83 bits per heavy atom. The fourth-order valence-corrected chi connectivity index (χ4v) is 5.08. The van der Waals surface area contributed by atoms with Gasteiger partial charge in [0.1, 0.15) is 36.1 Å². The molecule has 0 saturated carbocycles. The van der Waals surface area contributed by atoms with Gasteiger partial charge in [0.15, 0.2) is 0 Å². The van der Waals surface area contributed by atoms with Crippen LogP contribution >= 0.6 is 0 Å². The lowest BCUT2D eigenvalue weighted by Gasteiger charge is -2.31. The minimum Gasteiger partial charge on any atom is -0.493 e. The molecular weight excluding hydrogens is 515 g/mol. The number of aromatic nitrogens is 2. The van der Waals surface area contributed by atoms with E-state index in [0.717, 1.165) is 62.0 Å². The van der Waals surface area contributed by atoms with Gasteiger partial charge in [-0.3, -0.25) is 15.2 Å². The summed E-state index contributed by atoms with van der Waals surface area (Å²) >= 11 is 0. The Kier molecular flexibility index (Phi) is 8.77. The number of amides is 1. The minimum absolute atomic E-state index is 0.109. The standard InChI is InChI=1S/C28H35FN8O3/c29-21-3-1-4-22(15-21)37-34-27(18-36(37)17-26(30)39)33-28-24-6-5-23(16-25(24)31-19-32-28)40-14-2-10-35-11-7-20(8-12-35)9-13-38/h1,3-6,15-16,18-20,34,38H,2,7-14,17H2,(H2,30,39)(H,31,32,33). The number of piperidine rings is 1. The maximum absolute atomic E-state index is 13.8. The van der Waals surface area contributed by atoms with Gasteiger partial charge in [0.25, 0.3) is 0 Å². The number of anilines is 2. The highest BCUT2D eigenvalue weighted by Crippen LogP contribution is 2.27. The number of carbonyl (C=O) groups excluding carboxylic acids is 1. The van der Waals surface area contributed by atoms with E-state index in [-0.39, 0.29) is 13.2 Å². The van der Waals surface area contributed by atoms with Gasteiger partial charge in [-0.15, -0.1) is 0 Å². The number of fused-ring (bicyclic) bond motifs is 1. The molecule has 12 heteroatoms. The summed E-state index contributed by atoms with van der Waals surface area (Å²) in [6.45, 7) is 3.95. The molecular formula is C28H35FN8O3. The Morgan fingerprint density at radius 1 is 1.20 bits per heavy atom. The number of likely N-dealkylation sites (tertiary alicyclic amines) is 1. The number of aliphatic hydroxyl groups excluding tert-OH is 1. The van der Waals surface area contributed by atoms with Gasteiger partial charge in [-0.05, 0) is 69.0 Å². The number of aliphatic hydroxyl groups is 1. The zero-order valence-electron chi connectivity index (χ0n) is 22.3. The number of hydrogen-bond acceptors (Lipinski definition) is 10. The van der Waals surface area contributed by atoms with E-state index < -0.39 is 11.7 Å². The summed E-state index contributed by atoms with van der Waals surface area (Å²) in [5.74, 6) is 1.52. The number of carbonyl (C=O) groups is 1. The second-order valence-corrected chi connectivity index (χ2v) is 10.0. The van der Waals surface area contributed by atoms with Gasteiger partial charge in [0.05, 0.1) is 24.0 Å². The van der Waals surface area contributed by atoms with Crippen molar-refractivity contribution < 1.29 is 19.0 Å². The summed E-state index contributed by atoms with van der Waals surface area (Å²) in [6.07, 6.45) is 7.28. The highest BCUT2D eigenvalue weighted by atomic mass is 19.1. The van der Waals surface area contributed by atoms with Crippen molar-refractivity contribution in [1.29, 1.82) is 0 Å². The molecule has 2 aliphatic heterocycles.